The van der Waals surface area contributed by atoms with Gasteiger partial charge in [-0.25, -0.2) is 9.18 Å². The maximum atomic E-state index is 15.1. The minimum absolute atomic E-state index is 0.0224. The van der Waals surface area contributed by atoms with Gasteiger partial charge in [0, 0.05) is 65.7 Å². The van der Waals surface area contributed by atoms with Crippen molar-refractivity contribution in [3.8, 4) is 16.9 Å². The molecule has 0 radical (unpaired) electrons. The predicted octanol–water partition coefficient (Wildman–Crippen LogP) is 4.91. The average molecular weight is 685 g/mol. The van der Waals surface area contributed by atoms with Crippen LogP contribution in [0.15, 0.2) is 69.9 Å². The van der Waals surface area contributed by atoms with E-state index in [1.165, 1.54) is 29.1 Å². The number of anilines is 1. The Morgan fingerprint density at radius 3 is 2.55 bits per heavy atom. The molecule has 0 aliphatic carbocycles. The highest BCUT2D eigenvalue weighted by Crippen LogP contribution is 2.49. The quantitative estimate of drug-likeness (QED) is 0.206. The molecule has 1 atom stereocenters. The lowest BCUT2D eigenvalue weighted by Gasteiger charge is -2.35. The van der Waals surface area contributed by atoms with Crippen molar-refractivity contribution in [2.24, 2.45) is 0 Å². The lowest BCUT2D eigenvalue weighted by molar-refractivity contribution is -0.137. The second kappa shape index (κ2) is 11.8. The van der Waals surface area contributed by atoms with Gasteiger partial charge >= 0.3 is 16.7 Å². The van der Waals surface area contributed by atoms with Gasteiger partial charge in [0.25, 0.3) is 0 Å². The number of aromatic amines is 1. The summed E-state index contributed by atoms with van der Waals surface area (Å²) >= 11 is 1.64. The molecule has 1 saturated heterocycles. The van der Waals surface area contributed by atoms with Crippen LogP contribution in [0.1, 0.15) is 5.56 Å². The lowest BCUT2D eigenvalue weighted by Crippen LogP contribution is -2.49. The number of nitrogens with zero attached hydrogens (tertiary/aromatic N) is 5. The highest BCUT2D eigenvalue weighted by atomic mass is 32.2. The highest BCUT2D eigenvalue weighted by Gasteiger charge is 2.39. The third-order valence-corrected chi connectivity index (χ3v) is 10.2. The number of ether oxygens (including phenoxy) is 1. The molecule has 5 heterocycles. The minimum Gasteiger partial charge on any atom is -0.488 e. The van der Waals surface area contributed by atoms with Gasteiger partial charge in [0.2, 0.25) is 5.91 Å². The van der Waals surface area contributed by atoms with Gasteiger partial charge in [-0.2, -0.15) is 18.2 Å². The van der Waals surface area contributed by atoms with Gasteiger partial charge in [0.15, 0.2) is 0 Å². The third kappa shape index (κ3) is 5.54. The number of benzene rings is 2. The molecular formula is C31H24F4N6O4S2. The van der Waals surface area contributed by atoms with Crippen LogP contribution in [0, 0.1) is 5.82 Å². The Hall–Kier alpha value is -4.70. The van der Waals surface area contributed by atoms with Crippen LogP contribution in [0.4, 0.5) is 23.4 Å². The molecule has 0 spiro atoms. The normalized spacial score (nSPS) is 16.8. The number of hydrogen-bond acceptors (Lipinski definition) is 9. The zero-order valence-corrected chi connectivity index (χ0v) is 26.0. The molecule has 16 heteroatoms. The van der Waals surface area contributed by atoms with Crippen molar-refractivity contribution >= 4 is 55.9 Å². The molecule has 3 aromatic heterocycles. The van der Waals surface area contributed by atoms with E-state index in [0.717, 1.165) is 23.9 Å². The first-order valence-corrected chi connectivity index (χ1v) is 16.2. The second-order valence-electron chi connectivity index (χ2n) is 10.9. The predicted molar refractivity (Wildman–Crippen MR) is 171 cm³/mol. The summed E-state index contributed by atoms with van der Waals surface area (Å²) in [5.41, 5.74) is -1.89. The van der Waals surface area contributed by atoms with E-state index >= 15 is 13.2 Å². The maximum Gasteiger partial charge on any atom is 0.417 e. The van der Waals surface area contributed by atoms with Crippen molar-refractivity contribution < 1.29 is 27.1 Å². The highest BCUT2D eigenvalue weighted by molar-refractivity contribution is 7.99. The van der Waals surface area contributed by atoms with Gasteiger partial charge in [-0.15, -0.1) is 11.8 Å². The fraction of sp³-hybridized carbons (Fsp3) is 0.258. The van der Waals surface area contributed by atoms with Crippen molar-refractivity contribution in [3.63, 3.8) is 0 Å². The molecule has 0 saturated carbocycles. The molecule has 242 valence electrons. The van der Waals surface area contributed by atoms with Gasteiger partial charge in [-0.3, -0.25) is 19.1 Å². The average Bonchev–Trinajstić information content (AvgIpc) is 3.36. The van der Waals surface area contributed by atoms with E-state index in [0.29, 0.717) is 17.1 Å². The van der Waals surface area contributed by atoms with Crippen LogP contribution in [0.5, 0.6) is 5.75 Å². The molecule has 0 bridgehead atoms. The first kappa shape index (κ1) is 30.9. The van der Waals surface area contributed by atoms with Crippen LogP contribution in [0.2, 0.25) is 0 Å². The van der Waals surface area contributed by atoms with E-state index in [2.05, 4.69) is 21.5 Å². The van der Waals surface area contributed by atoms with Gasteiger partial charge in [0.05, 0.1) is 27.8 Å². The van der Waals surface area contributed by atoms with Crippen molar-refractivity contribution in [1.29, 1.82) is 0 Å². The first-order chi connectivity index (χ1) is 22.5. The molecule has 10 nitrogen and oxygen atoms in total. The summed E-state index contributed by atoms with van der Waals surface area (Å²) in [4.78, 5) is 51.9. The first-order valence-electron chi connectivity index (χ1n) is 14.4. The topological polar surface area (TPSA) is 113 Å². The molecule has 1 N–H and O–H groups in total. The molecule has 47 heavy (non-hydrogen) atoms. The number of thioether (sulfide) groups is 1. The summed E-state index contributed by atoms with van der Waals surface area (Å²) in [6.45, 7) is 4.44. The monoisotopic (exact) mass is 684 g/mol. The van der Waals surface area contributed by atoms with E-state index in [9.17, 15) is 18.8 Å². The van der Waals surface area contributed by atoms with Gasteiger partial charge in [0.1, 0.15) is 23.5 Å². The van der Waals surface area contributed by atoms with E-state index < -0.39 is 34.2 Å². The minimum atomic E-state index is -4.90. The Kier molecular flexibility index (Phi) is 7.78. The number of thiazole rings is 1. The molecule has 2 aliphatic rings. The Morgan fingerprint density at radius 1 is 1.11 bits per heavy atom. The summed E-state index contributed by atoms with van der Waals surface area (Å²) in [7, 11) is 0. The Balaban J connectivity index is 1.49. The molecule has 7 rings (SSSR count). The number of rotatable bonds is 5. The second-order valence-corrected chi connectivity index (χ2v) is 12.9. The Morgan fingerprint density at radius 2 is 1.85 bits per heavy atom. The van der Waals surface area contributed by atoms with Crippen LogP contribution in [-0.4, -0.2) is 68.4 Å². The number of amides is 1. The fourth-order valence-corrected chi connectivity index (χ4v) is 8.04. The number of pyridine rings is 1. The van der Waals surface area contributed by atoms with Gasteiger partial charge in [-0.05, 0) is 36.4 Å². The molecule has 1 fully saturated rings. The summed E-state index contributed by atoms with van der Waals surface area (Å²) in [5, 5.41) is 0.0911. The van der Waals surface area contributed by atoms with Gasteiger partial charge in [-0.1, -0.05) is 17.9 Å². The summed E-state index contributed by atoms with van der Waals surface area (Å²) in [6.07, 6.45) is -1.30. The summed E-state index contributed by atoms with van der Waals surface area (Å²) in [5.74, 6) is -0.348. The SMILES string of the molecule is C=CC(=O)N1CCN(c2nc(=O)n3c4c(c(-c5ccc(F)c6sc(=O)[nH]c56)c(C(F)(F)F)cc24)SCC(Oc2ccncc2)C3)CC1. The summed E-state index contributed by atoms with van der Waals surface area (Å²) in [6, 6.07) is 6.48. The number of halogens is 4. The van der Waals surface area contributed by atoms with E-state index in [4.69, 9.17) is 4.74 Å². The van der Waals surface area contributed by atoms with Crippen molar-refractivity contribution in [1.82, 2.24) is 24.4 Å². The van der Waals surface area contributed by atoms with Gasteiger partial charge < -0.3 is 19.5 Å². The van der Waals surface area contributed by atoms with Crippen molar-refractivity contribution in [2.45, 2.75) is 23.7 Å². The summed E-state index contributed by atoms with van der Waals surface area (Å²) < 4.78 is 67.6. The van der Waals surface area contributed by atoms with Crippen LogP contribution in [0.3, 0.4) is 0 Å². The fourth-order valence-electron chi connectivity index (χ4n) is 6.03. The number of H-pyrrole nitrogens is 1. The molecule has 1 amide bonds. The lowest BCUT2D eigenvalue weighted by atomic mass is 9.95. The van der Waals surface area contributed by atoms with Crippen LogP contribution < -0.4 is 20.2 Å². The number of carbonyl (C=O) groups excluding carboxylic acids is 1. The van der Waals surface area contributed by atoms with E-state index in [1.54, 1.807) is 21.9 Å². The zero-order chi connectivity index (χ0) is 33.0. The number of piperazine rings is 1. The van der Waals surface area contributed by atoms with Crippen molar-refractivity contribution in [2.75, 3.05) is 36.8 Å². The maximum absolute atomic E-state index is 15.1. The smallest absolute Gasteiger partial charge is 0.417 e. The molecule has 1 unspecified atom stereocenters. The van der Waals surface area contributed by atoms with Crippen LogP contribution in [0.25, 0.3) is 32.2 Å². The third-order valence-electron chi connectivity index (χ3n) is 8.12. The molecule has 2 aliphatic heterocycles. The largest absolute Gasteiger partial charge is 0.488 e. The van der Waals surface area contributed by atoms with Crippen molar-refractivity contribution in [3.05, 3.63) is 86.9 Å². The van der Waals surface area contributed by atoms with Crippen LogP contribution >= 0.6 is 23.1 Å². The Bertz CT molecular complexity index is 2180. The number of fused-ring (bicyclic) bond motifs is 1. The zero-order valence-electron chi connectivity index (χ0n) is 24.3. The Labute approximate surface area is 271 Å². The molecular weight excluding hydrogens is 661 g/mol. The van der Waals surface area contributed by atoms with E-state index in [1.807, 2.05) is 0 Å². The number of nitrogens with one attached hydrogen (secondary N) is 1. The number of alkyl halides is 3. The van der Waals surface area contributed by atoms with E-state index in [-0.39, 0.29) is 87.3 Å². The molecule has 2 aromatic carbocycles. The number of aromatic nitrogens is 4. The number of carbonyl (C=O) groups is 1. The van der Waals surface area contributed by atoms with Crippen LogP contribution in [-0.2, 0) is 17.5 Å². The molecule has 5 aromatic rings. The number of hydrogen-bond donors (Lipinski definition) is 1. The standard InChI is InChI=1S/C31H24F4N6O4S2/c1-2-22(42)39-9-11-40(12-10-39)28-19-13-20(31(33,34)35)23(18-3-4-21(32)26-24(18)37-30(44)47-26)27-25(19)41(29(43)38-28)14-17(15-46-27)45-16-5-7-36-8-6-16/h2-8,13,17H,1,9-12,14-15H2,(H,37,44).